The SMILES string of the molecule is CPOCC1OC(c2ccc(C)cc2)OC1COPC.c1ccc2c(c1)o[pH]oc1ccccc12. The minimum absolute atomic E-state index is 0.0288. The number of ether oxygens (including phenoxy) is 2. The van der Waals surface area contributed by atoms with E-state index in [0.717, 1.165) is 27.5 Å². The van der Waals surface area contributed by atoms with Gasteiger partial charge in [0.25, 0.3) is 0 Å². The van der Waals surface area contributed by atoms with E-state index < -0.39 is 0 Å². The van der Waals surface area contributed by atoms with E-state index in [-0.39, 0.29) is 27.2 Å². The summed E-state index contributed by atoms with van der Waals surface area (Å²) in [5.74, 6) is 0. The lowest BCUT2D eigenvalue weighted by Crippen LogP contribution is -2.30. The Balaban J connectivity index is 0.000000171. The highest BCUT2D eigenvalue weighted by Gasteiger charge is 2.37. The lowest BCUT2D eigenvalue weighted by atomic mass is 10.1. The van der Waals surface area contributed by atoms with E-state index in [1.165, 1.54) is 5.56 Å². The van der Waals surface area contributed by atoms with Crippen molar-refractivity contribution in [1.82, 2.24) is 0 Å². The van der Waals surface area contributed by atoms with Gasteiger partial charge in [0, 0.05) is 34.0 Å². The molecule has 0 amide bonds. The summed E-state index contributed by atoms with van der Waals surface area (Å²) in [7, 11) is 0.946. The maximum atomic E-state index is 5.98. The summed E-state index contributed by atoms with van der Waals surface area (Å²) in [4.78, 5) is 0. The maximum absolute atomic E-state index is 5.98. The van der Waals surface area contributed by atoms with E-state index in [0.29, 0.717) is 30.8 Å². The average Bonchev–Trinajstić information content (AvgIpc) is 3.20. The number of hydrogen-bond donors (Lipinski definition) is 0. The Morgan fingerprint density at radius 3 is 1.69 bits per heavy atom. The van der Waals surface area contributed by atoms with Gasteiger partial charge in [-0.1, -0.05) is 66.2 Å². The summed E-state index contributed by atoms with van der Waals surface area (Å²) in [5, 5.41) is 2.19. The van der Waals surface area contributed by atoms with Crippen molar-refractivity contribution in [3.63, 3.8) is 0 Å². The highest BCUT2D eigenvalue weighted by molar-refractivity contribution is 7.31. The Kier molecular flexibility index (Phi) is 10.2. The summed E-state index contributed by atoms with van der Waals surface area (Å²) in [6.07, 6.45) is -0.451. The van der Waals surface area contributed by atoms with Crippen molar-refractivity contribution in [2.45, 2.75) is 25.4 Å². The molecule has 186 valence electrons. The van der Waals surface area contributed by atoms with Gasteiger partial charge in [0.2, 0.25) is 8.67 Å². The molecular formula is C26H31O6P3. The molecule has 2 heterocycles. The standard InChI is InChI=1S/C14H22O4P2.C12H9O2P/c1-10-4-6-11(7-5-10)14-17-12(8-15-19-2)13(18-14)9-16-20-3;1-3-7-11-9(5-1)10-6-2-4-8-12(10)14-15-13-11/h4-7,12-14,19-20H,8-9H2,1-3H3;1-8,15H. The summed E-state index contributed by atoms with van der Waals surface area (Å²) in [6, 6.07) is 24.2. The van der Waals surface area contributed by atoms with Crippen LogP contribution in [0.15, 0.2) is 81.2 Å². The molecule has 0 bridgehead atoms. The van der Waals surface area contributed by atoms with Gasteiger partial charge in [-0.25, -0.2) is 0 Å². The Labute approximate surface area is 211 Å². The Bertz CT molecular complexity index is 1160. The third-order valence-electron chi connectivity index (χ3n) is 5.51. The van der Waals surface area contributed by atoms with E-state index in [9.17, 15) is 0 Å². The Morgan fingerprint density at radius 1 is 0.714 bits per heavy atom. The minimum Gasteiger partial charge on any atom is -0.421 e. The number of hydrogen-bond acceptors (Lipinski definition) is 6. The first kappa shape index (κ1) is 26.3. The number of para-hydroxylation sites is 2. The van der Waals surface area contributed by atoms with Crippen LogP contribution in [-0.4, -0.2) is 38.8 Å². The molecule has 1 saturated heterocycles. The normalized spacial score (nSPS) is 20.1. The molecule has 6 nitrogen and oxygen atoms in total. The fourth-order valence-corrected chi connectivity index (χ4v) is 4.94. The smallest absolute Gasteiger partial charge is 0.201 e. The van der Waals surface area contributed by atoms with Crippen molar-refractivity contribution in [3.8, 4) is 0 Å². The second-order valence-electron chi connectivity index (χ2n) is 7.90. The summed E-state index contributed by atoms with van der Waals surface area (Å²) in [6.45, 7) is 7.19. The van der Waals surface area contributed by atoms with Gasteiger partial charge in [-0.15, -0.1) is 0 Å². The molecule has 1 fully saturated rings. The summed E-state index contributed by atoms with van der Waals surface area (Å²) < 4.78 is 34.0. The van der Waals surface area contributed by atoms with Crippen molar-refractivity contribution in [3.05, 3.63) is 83.9 Å². The Hall–Kier alpha value is -1.74. The second-order valence-corrected chi connectivity index (χ2v) is 9.87. The Morgan fingerprint density at radius 2 is 1.20 bits per heavy atom. The number of fused-ring (bicyclic) bond motifs is 3. The van der Waals surface area contributed by atoms with Gasteiger partial charge in [0.05, 0.1) is 13.2 Å². The number of rotatable bonds is 7. The molecule has 0 N–H and O–H groups in total. The van der Waals surface area contributed by atoms with Crippen molar-refractivity contribution in [1.29, 1.82) is 0 Å². The third kappa shape index (κ3) is 7.15. The first-order valence-corrected chi connectivity index (χ1v) is 15.0. The topological polar surface area (TPSA) is 63.2 Å². The van der Waals surface area contributed by atoms with E-state index in [1.54, 1.807) is 0 Å². The van der Waals surface area contributed by atoms with Crippen LogP contribution in [0.3, 0.4) is 0 Å². The van der Waals surface area contributed by atoms with Crippen molar-refractivity contribution >= 4 is 48.2 Å². The summed E-state index contributed by atoms with van der Waals surface area (Å²) in [5.41, 5.74) is 4.05. The monoisotopic (exact) mass is 532 g/mol. The van der Waals surface area contributed by atoms with Gasteiger partial charge in [0.1, 0.15) is 23.4 Å². The van der Waals surface area contributed by atoms with Crippen LogP contribution in [0.4, 0.5) is 0 Å². The molecule has 1 aliphatic heterocycles. The molecular weight excluding hydrogens is 501 g/mol. The van der Waals surface area contributed by atoms with Gasteiger partial charge in [-0.3, -0.25) is 0 Å². The van der Waals surface area contributed by atoms with Crippen molar-refractivity contribution in [2.75, 3.05) is 26.5 Å². The van der Waals surface area contributed by atoms with Crippen LogP contribution >= 0.6 is 26.3 Å². The largest absolute Gasteiger partial charge is 0.421 e. The van der Waals surface area contributed by atoms with Crippen LogP contribution in [-0.2, 0) is 18.5 Å². The molecule has 4 atom stereocenters. The first-order valence-electron chi connectivity index (χ1n) is 11.4. The molecule has 1 aliphatic rings. The van der Waals surface area contributed by atoms with Gasteiger partial charge in [0.15, 0.2) is 6.29 Å². The molecule has 0 aliphatic carbocycles. The quantitative estimate of drug-likeness (QED) is 0.229. The predicted octanol–water partition coefficient (Wildman–Crippen LogP) is 7.59. The summed E-state index contributed by atoms with van der Waals surface area (Å²) >= 11 is 0. The maximum Gasteiger partial charge on any atom is 0.201 e. The number of aryl methyl sites for hydroxylation is 1. The van der Waals surface area contributed by atoms with Crippen LogP contribution in [0.25, 0.3) is 21.9 Å². The molecule has 4 aromatic rings. The molecule has 0 radical (unpaired) electrons. The second kappa shape index (κ2) is 13.5. The molecule has 3 aromatic carbocycles. The van der Waals surface area contributed by atoms with Crippen molar-refractivity contribution < 1.29 is 26.9 Å². The molecule has 1 aromatic heterocycles. The zero-order valence-corrected chi connectivity index (χ0v) is 23.0. The average molecular weight is 532 g/mol. The van der Waals surface area contributed by atoms with Gasteiger partial charge >= 0.3 is 0 Å². The molecule has 4 unspecified atom stereocenters. The van der Waals surface area contributed by atoms with Crippen molar-refractivity contribution in [2.24, 2.45) is 0 Å². The van der Waals surface area contributed by atoms with Crippen LogP contribution in [0.5, 0.6) is 0 Å². The fraction of sp³-hybridized carbons (Fsp3) is 0.308. The molecule has 35 heavy (non-hydrogen) atoms. The number of benzene rings is 3. The fourth-order valence-electron chi connectivity index (χ4n) is 3.70. The molecule has 0 saturated carbocycles. The zero-order chi connectivity index (χ0) is 24.5. The van der Waals surface area contributed by atoms with Gasteiger partial charge in [-0.05, 0) is 32.4 Å². The van der Waals surface area contributed by atoms with Crippen LogP contribution in [0.2, 0.25) is 0 Å². The highest BCUT2D eigenvalue weighted by Crippen LogP contribution is 2.33. The highest BCUT2D eigenvalue weighted by atomic mass is 31.1. The van der Waals surface area contributed by atoms with E-state index in [4.69, 9.17) is 26.9 Å². The molecule has 5 rings (SSSR count). The predicted molar refractivity (Wildman–Crippen MR) is 147 cm³/mol. The molecule has 9 heteroatoms. The van der Waals surface area contributed by atoms with E-state index in [1.807, 2.05) is 74.0 Å². The van der Waals surface area contributed by atoms with Gasteiger partial charge < -0.3 is 26.9 Å². The minimum atomic E-state index is -0.321. The lowest BCUT2D eigenvalue weighted by Gasteiger charge is -2.15. The third-order valence-corrected chi connectivity index (χ3v) is 7.03. The van der Waals surface area contributed by atoms with E-state index in [2.05, 4.69) is 19.1 Å². The zero-order valence-electron chi connectivity index (χ0n) is 20.0. The van der Waals surface area contributed by atoms with Crippen LogP contribution in [0.1, 0.15) is 17.4 Å². The first-order chi connectivity index (χ1) is 17.2. The van der Waals surface area contributed by atoms with E-state index >= 15 is 0 Å². The van der Waals surface area contributed by atoms with Crippen LogP contribution < -0.4 is 0 Å². The lowest BCUT2D eigenvalue weighted by molar-refractivity contribution is -0.0746. The van der Waals surface area contributed by atoms with Gasteiger partial charge in [-0.2, -0.15) is 0 Å². The van der Waals surface area contributed by atoms with Crippen LogP contribution in [0, 0.1) is 6.92 Å². The molecule has 0 spiro atoms.